The zero-order valence-electron chi connectivity index (χ0n) is 12.1. The predicted molar refractivity (Wildman–Crippen MR) is 78.4 cm³/mol. The minimum absolute atomic E-state index is 0.0772. The normalized spacial score (nSPS) is 16.5. The lowest BCUT2D eigenvalue weighted by Crippen LogP contribution is -2.38. The Morgan fingerprint density at radius 1 is 1.48 bits per heavy atom. The van der Waals surface area contributed by atoms with Crippen LogP contribution in [0.15, 0.2) is 23.1 Å². The van der Waals surface area contributed by atoms with Gasteiger partial charge in [0.15, 0.2) is 0 Å². The van der Waals surface area contributed by atoms with Crippen LogP contribution < -0.4 is 10.5 Å². The van der Waals surface area contributed by atoms with Crippen molar-refractivity contribution in [1.82, 2.24) is 4.72 Å². The highest BCUT2D eigenvalue weighted by Gasteiger charge is 2.30. The molecule has 1 saturated carbocycles. The topological polar surface area (TPSA) is 98.5 Å². The molecule has 0 spiro atoms. The molecule has 0 amide bonds. The fourth-order valence-corrected chi connectivity index (χ4v) is 3.55. The van der Waals surface area contributed by atoms with Gasteiger partial charge in [0.1, 0.15) is 0 Å². The van der Waals surface area contributed by atoms with Crippen LogP contribution in [0.25, 0.3) is 0 Å². The molecule has 1 aromatic rings. The smallest absolute Gasteiger partial charge is 0.338 e. The molecule has 0 radical (unpaired) electrons. The van der Waals surface area contributed by atoms with E-state index in [1.54, 1.807) is 6.92 Å². The minimum Gasteiger partial charge on any atom is -0.465 e. The number of ether oxygens (including phenoxy) is 1. The first-order chi connectivity index (χ1) is 9.86. The molecular weight excluding hydrogens is 292 g/mol. The quantitative estimate of drug-likeness (QED) is 0.757. The third-order valence-electron chi connectivity index (χ3n) is 3.72. The highest BCUT2D eigenvalue weighted by Crippen LogP contribution is 2.31. The maximum Gasteiger partial charge on any atom is 0.338 e. The Kier molecular flexibility index (Phi) is 4.65. The molecule has 1 aliphatic rings. The molecule has 6 nitrogen and oxygen atoms in total. The van der Waals surface area contributed by atoms with E-state index in [1.165, 1.54) is 25.3 Å². The molecule has 116 valence electrons. The van der Waals surface area contributed by atoms with Crippen LogP contribution in [0.2, 0.25) is 0 Å². The molecule has 1 fully saturated rings. The molecular formula is C14H20N2O4S. The Morgan fingerprint density at radius 3 is 2.71 bits per heavy atom. The first-order valence-electron chi connectivity index (χ1n) is 6.80. The van der Waals surface area contributed by atoms with Gasteiger partial charge in [-0.2, -0.15) is 0 Å². The molecule has 0 saturated heterocycles. The third kappa shape index (κ3) is 3.61. The van der Waals surface area contributed by atoms with E-state index in [9.17, 15) is 13.2 Å². The van der Waals surface area contributed by atoms with Gasteiger partial charge >= 0.3 is 5.97 Å². The van der Waals surface area contributed by atoms with Crippen LogP contribution in [0.3, 0.4) is 0 Å². The molecule has 1 aliphatic carbocycles. The maximum atomic E-state index is 12.3. The number of nitrogens with one attached hydrogen (secondary N) is 1. The van der Waals surface area contributed by atoms with Gasteiger partial charge in [-0.25, -0.2) is 17.9 Å². The van der Waals surface area contributed by atoms with Crippen LogP contribution in [0.4, 0.5) is 0 Å². The van der Waals surface area contributed by atoms with Gasteiger partial charge in [-0.15, -0.1) is 0 Å². The Bertz CT molecular complexity index is 638. The van der Waals surface area contributed by atoms with Crippen LogP contribution in [0, 0.1) is 12.8 Å². The molecule has 0 bridgehead atoms. The largest absolute Gasteiger partial charge is 0.465 e. The van der Waals surface area contributed by atoms with Crippen molar-refractivity contribution in [3.8, 4) is 0 Å². The monoisotopic (exact) mass is 312 g/mol. The number of nitrogens with two attached hydrogens (primary N) is 1. The van der Waals surface area contributed by atoms with E-state index in [0.29, 0.717) is 11.5 Å². The molecule has 0 aliphatic heterocycles. The number of hydrogen-bond acceptors (Lipinski definition) is 5. The van der Waals surface area contributed by atoms with E-state index < -0.39 is 16.0 Å². The molecule has 1 atom stereocenters. The molecule has 21 heavy (non-hydrogen) atoms. The van der Waals surface area contributed by atoms with Gasteiger partial charge in [0.2, 0.25) is 10.0 Å². The Labute approximate surface area is 124 Å². The van der Waals surface area contributed by atoms with Crippen molar-refractivity contribution in [2.45, 2.75) is 30.7 Å². The van der Waals surface area contributed by atoms with Crippen molar-refractivity contribution in [3.63, 3.8) is 0 Å². The Morgan fingerprint density at radius 2 is 2.14 bits per heavy atom. The Balaban J connectivity index is 2.21. The molecule has 1 aromatic carbocycles. The summed E-state index contributed by atoms with van der Waals surface area (Å²) in [6.45, 7) is 1.79. The van der Waals surface area contributed by atoms with Gasteiger partial charge in [-0.3, -0.25) is 0 Å². The van der Waals surface area contributed by atoms with Gasteiger partial charge < -0.3 is 10.5 Å². The number of hydrogen-bond donors (Lipinski definition) is 2. The van der Waals surface area contributed by atoms with E-state index >= 15 is 0 Å². The van der Waals surface area contributed by atoms with Gasteiger partial charge in [0.25, 0.3) is 0 Å². The summed E-state index contributed by atoms with van der Waals surface area (Å²) in [4.78, 5) is 11.7. The van der Waals surface area contributed by atoms with Crippen molar-refractivity contribution >= 4 is 16.0 Å². The van der Waals surface area contributed by atoms with E-state index in [-0.39, 0.29) is 23.0 Å². The lowest BCUT2D eigenvalue weighted by atomic mass is 10.1. The second-order valence-corrected chi connectivity index (χ2v) is 7.01. The molecule has 3 N–H and O–H groups in total. The summed E-state index contributed by atoms with van der Waals surface area (Å²) in [5.74, 6) is -0.144. The van der Waals surface area contributed by atoms with Gasteiger partial charge in [0.05, 0.1) is 17.6 Å². The van der Waals surface area contributed by atoms with Gasteiger partial charge in [0, 0.05) is 12.6 Å². The van der Waals surface area contributed by atoms with Crippen molar-refractivity contribution in [2.75, 3.05) is 13.7 Å². The van der Waals surface area contributed by atoms with E-state index in [1.807, 2.05) is 0 Å². The fourth-order valence-electron chi connectivity index (χ4n) is 2.21. The third-order valence-corrected chi connectivity index (χ3v) is 5.28. The van der Waals surface area contributed by atoms with E-state index in [0.717, 1.165) is 12.8 Å². The fraction of sp³-hybridized carbons (Fsp3) is 0.500. The van der Waals surface area contributed by atoms with Crippen molar-refractivity contribution in [2.24, 2.45) is 11.7 Å². The summed E-state index contributed by atoms with van der Waals surface area (Å²) in [7, 11) is -2.43. The van der Waals surface area contributed by atoms with Crippen LogP contribution in [0.5, 0.6) is 0 Å². The summed E-state index contributed by atoms with van der Waals surface area (Å²) in [6.07, 6.45) is 2.11. The molecule has 0 heterocycles. The van der Waals surface area contributed by atoms with Crippen LogP contribution in [-0.2, 0) is 14.8 Å². The number of carbonyl (C=O) groups is 1. The second kappa shape index (κ2) is 6.13. The summed E-state index contributed by atoms with van der Waals surface area (Å²) in [5, 5.41) is 0. The summed E-state index contributed by atoms with van der Waals surface area (Å²) in [5.41, 5.74) is 6.52. The average molecular weight is 312 g/mol. The first kappa shape index (κ1) is 15.9. The Hall–Kier alpha value is -1.44. The van der Waals surface area contributed by atoms with Crippen LogP contribution in [0.1, 0.15) is 28.8 Å². The standard InChI is InChI=1S/C14H20N2O4S/c1-9-11(14(17)20-2)4-3-5-13(9)21(18,19)16-8-12(15)10-6-7-10/h3-5,10,12,16H,6-8,15H2,1-2H3. The summed E-state index contributed by atoms with van der Waals surface area (Å²) < 4.78 is 31.9. The average Bonchev–Trinajstić information content (AvgIpc) is 3.28. The summed E-state index contributed by atoms with van der Waals surface area (Å²) in [6, 6.07) is 4.36. The highest BCUT2D eigenvalue weighted by atomic mass is 32.2. The zero-order chi connectivity index (χ0) is 15.6. The lowest BCUT2D eigenvalue weighted by molar-refractivity contribution is 0.0599. The SMILES string of the molecule is COC(=O)c1cccc(S(=O)(=O)NCC(N)C2CC2)c1C. The number of sulfonamides is 1. The predicted octanol–water partition coefficient (Wildman–Crippen LogP) is 0.797. The van der Waals surface area contributed by atoms with E-state index in [2.05, 4.69) is 9.46 Å². The number of carbonyl (C=O) groups excluding carboxylic acids is 1. The highest BCUT2D eigenvalue weighted by molar-refractivity contribution is 7.89. The van der Waals surface area contributed by atoms with Crippen molar-refractivity contribution < 1.29 is 17.9 Å². The van der Waals surface area contributed by atoms with Crippen LogP contribution >= 0.6 is 0 Å². The maximum absolute atomic E-state index is 12.3. The summed E-state index contributed by atoms with van der Waals surface area (Å²) >= 11 is 0. The van der Waals surface area contributed by atoms with Crippen LogP contribution in [-0.4, -0.2) is 34.1 Å². The van der Waals surface area contributed by atoms with Crippen molar-refractivity contribution in [1.29, 1.82) is 0 Å². The minimum atomic E-state index is -3.69. The van der Waals surface area contributed by atoms with Gasteiger partial charge in [-0.05, 0) is 43.4 Å². The molecule has 2 rings (SSSR count). The zero-order valence-corrected chi connectivity index (χ0v) is 12.9. The first-order valence-corrected chi connectivity index (χ1v) is 8.28. The van der Waals surface area contributed by atoms with Gasteiger partial charge in [-0.1, -0.05) is 6.07 Å². The number of rotatable bonds is 6. The lowest BCUT2D eigenvalue weighted by Gasteiger charge is -2.14. The molecule has 7 heteroatoms. The van der Waals surface area contributed by atoms with Crippen molar-refractivity contribution in [3.05, 3.63) is 29.3 Å². The molecule has 1 unspecified atom stereocenters. The van der Waals surface area contributed by atoms with E-state index in [4.69, 9.17) is 5.73 Å². The number of esters is 1. The second-order valence-electron chi connectivity index (χ2n) is 5.27. The number of benzene rings is 1. The number of methoxy groups -OCH3 is 1. The molecule has 0 aromatic heterocycles.